The molecule has 1 aliphatic heterocycles. The van der Waals surface area contributed by atoms with Gasteiger partial charge in [-0.15, -0.1) is 0 Å². The number of carbonyl (C=O) groups excluding carboxylic acids is 2. The van der Waals surface area contributed by atoms with Crippen LogP contribution in [-0.4, -0.2) is 45.8 Å². The summed E-state index contributed by atoms with van der Waals surface area (Å²) in [5.41, 5.74) is 0.439. The second-order valence-electron chi connectivity index (χ2n) is 8.74. The molecule has 1 aromatic carbocycles. The number of benzene rings is 1. The summed E-state index contributed by atoms with van der Waals surface area (Å²) < 4.78 is 29.9. The number of hydrogen-bond donors (Lipinski definition) is 0. The normalized spacial score (nSPS) is 16.1. The minimum absolute atomic E-state index is 0.135. The third-order valence-electron chi connectivity index (χ3n) is 4.99. The van der Waals surface area contributed by atoms with Crippen LogP contribution >= 0.6 is 0 Å². The van der Waals surface area contributed by atoms with Crippen LogP contribution in [0.25, 0.3) is 11.4 Å². The van der Waals surface area contributed by atoms with Crippen molar-refractivity contribution in [3.05, 3.63) is 35.5 Å². The quantitative estimate of drug-likeness (QED) is 0.658. The highest BCUT2D eigenvalue weighted by atomic mass is 19.1. The van der Waals surface area contributed by atoms with E-state index in [0.29, 0.717) is 37.1 Å². The Kier molecular flexibility index (Phi) is 6.62. The lowest BCUT2D eigenvalue weighted by molar-refractivity contribution is -0.156. The Bertz CT molecular complexity index is 945. The average molecular weight is 433 g/mol. The Morgan fingerprint density at radius 3 is 2.55 bits per heavy atom. The largest absolute Gasteiger partial charge is 0.452 e. The standard InChI is InChI=1S/C22H28FN3O5/c1-13-6-7-16(12-17(13)23)18-24-19(31-25-18)14(2)29-20(27)15-8-10-26(11-9-15)21(28)30-22(3,4)5/h6-7,12,14-15H,8-11H2,1-5H3. The van der Waals surface area contributed by atoms with Gasteiger partial charge in [-0.2, -0.15) is 4.98 Å². The summed E-state index contributed by atoms with van der Waals surface area (Å²) in [5, 5.41) is 3.85. The zero-order valence-corrected chi connectivity index (χ0v) is 18.5. The van der Waals surface area contributed by atoms with E-state index in [4.69, 9.17) is 14.0 Å². The van der Waals surface area contributed by atoms with Crippen molar-refractivity contribution < 1.29 is 28.0 Å². The Morgan fingerprint density at radius 2 is 1.94 bits per heavy atom. The van der Waals surface area contributed by atoms with Crippen LogP contribution in [0.1, 0.15) is 58.1 Å². The number of halogens is 1. The minimum Gasteiger partial charge on any atom is -0.452 e. The molecule has 0 saturated carbocycles. The molecular weight excluding hydrogens is 405 g/mol. The fraction of sp³-hybridized carbons (Fsp3) is 0.545. The van der Waals surface area contributed by atoms with E-state index in [1.54, 1.807) is 30.9 Å². The van der Waals surface area contributed by atoms with Gasteiger partial charge in [-0.05, 0) is 59.1 Å². The van der Waals surface area contributed by atoms with Gasteiger partial charge in [0.05, 0.1) is 5.92 Å². The smallest absolute Gasteiger partial charge is 0.410 e. The third kappa shape index (κ3) is 5.80. The fourth-order valence-electron chi connectivity index (χ4n) is 3.19. The third-order valence-corrected chi connectivity index (χ3v) is 4.99. The van der Waals surface area contributed by atoms with E-state index < -0.39 is 11.7 Å². The van der Waals surface area contributed by atoms with Crippen molar-refractivity contribution >= 4 is 12.1 Å². The number of esters is 1. The lowest BCUT2D eigenvalue weighted by Crippen LogP contribution is -2.43. The molecule has 168 valence electrons. The van der Waals surface area contributed by atoms with Crippen LogP contribution in [0.4, 0.5) is 9.18 Å². The molecule has 2 heterocycles. The molecular formula is C22H28FN3O5. The SMILES string of the molecule is Cc1ccc(-c2noc(C(C)OC(=O)C3CCN(C(=O)OC(C)(C)C)CC3)n2)cc1F. The predicted molar refractivity (Wildman–Crippen MR) is 109 cm³/mol. The summed E-state index contributed by atoms with van der Waals surface area (Å²) in [7, 11) is 0. The number of likely N-dealkylation sites (tertiary alicyclic amines) is 1. The van der Waals surface area contributed by atoms with Crippen molar-refractivity contribution in [2.24, 2.45) is 5.92 Å². The molecule has 1 fully saturated rings. The molecule has 3 rings (SSSR count). The van der Waals surface area contributed by atoms with Gasteiger partial charge in [0.1, 0.15) is 11.4 Å². The Labute approximate surface area is 180 Å². The van der Waals surface area contributed by atoms with Crippen LogP contribution in [-0.2, 0) is 14.3 Å². The lowest BCUT2D eigenvalue weighted by Gasteiger charge is -2.32. The maximum atomic E-state index is 13.8. The number of piperidine rings is 1. The zero-order chi connectivity index (χ0) is 22.8. The second kappa shape index (κ2) is 9.03. The molecule has 0 N–H and O–H groups in total. The van der Waals surface area contributed by atoms with Crippen molar-refractivity contribution in [2.45, 2.75) is 59.2 Å². The first kappa shape index (κ1) is 22.7. The molecule has 1 aromatic heterocycles. The summed E-state index contributed by atoms with van der Waals surface area (Å²) >= 11 is 0. The molecule has 1 amide bonds. The number of aromatic nitrogens is 2. The number of aryl methyl sites for hydroxylation is 1. The van der Waals surface area contributed by atoms with E-state index in [9.17, 15) is 14.0 Å². The molecule has 0 spiro atoms. The molecule has 31 heavy (non-hydrogen) atoms. The van der Waals surface area contributed by atoms with E-state index in [2.05, 4.69) is 10.1 Å². The van der Waals surface area contributed by atoms with Crippen molar-refractivity contribution in [3.8, 4) is 11.4 Å². The van der Waals surface area contributed by atoms with Gasteiger partial charge >= 0.3 is 12.1 Å². The van der Waals surface area contributed by atoms with Crippen LogP contribution in [0.2, 0.25) is 0 Å². The highest BCUT2D eigenvalue weighted by molar-refractivity contribution is 5.74. The van der Waals surface area contributed by atoms with Gasteiger partial charge < -0.3 is 18.9 Å². The first-order chi connectivity index (χ1) is 14.5. The Balaban J connectivity index is 1.54. The monoisotopic (exact) mass is 433 g/mol. The van der Waals surface area contributed by atoms with Crippen LogP contribution < -0.4 is 0 Å². The van der Waals surface area contributed by atoms with E-state index in [-0.39, 0.29) is 35.5 Å². The van der Waals surface area contributed by atoms with Gasteiger partial charge in [0, 0.05) is 18.7 Å². The number of ether oxygens (including phenoxy) is 2. The van der Waals surface area contributed by atoms with Gasteiger partial charge in [-0.1, -0.05) is 17.3 Å². The first-order valence-electron chi connectivity index (χ1n) is 10.3. The highest BCUT2D eigenvalue weighted by Crippen LogP contribution is 2.26. The van der Waals surface area contributed by atoms with Crippen molar-refractivity contribution in [1.29, 1.82) is 0 Å². The van der Waals surface area contributed by atoms with E-state index in [1.165, 1.54) is 6.07 Å². The zero-order valence-electron chi connectivity index (χ0n) is 18.5. The Hall–Kier alpha value is -2.97. The summed E-state index contributed by atoms with van der Waals surface area (Å²) in [6, 6.07) is 4.66. The van der Waals surface area contributed by atoms with Crippen LogP contribution in [0.3, 0.4) is 0 Å². The highest BCUT2D eigenvalue weighted by Gasteiger charge is 2.32. The molecule has 0 bridgehead atoms. The predicted octanol–water partition coefficient (Wildman–Crippen LogP) is 4.44. The minimum atomic E-state index is -0.743. The first-order valence-corrected chi connectivity index (χ1v) is 10.3. The summed E-state index contributed by atoms with van der Waals surface area (Å²) in [5.74, 6) is -0.703. The molecule has 0 aliphatic carbocycles. The maximum absolute atomic E-state index is 13.8. The van der Waals surface area contributed by atoms with Crippen molar-refractivity contribution in [2.75, 3.05) is 13.1 Å². The van der Waals surface area contributed by atoms with Gasteiger partial charge in [0.25, 0.3) is 5.89 Å². The maximum Gasteiger partial charge on any atom is 0.410 e. The van der Waals surface area contributed by atoms with Gasteiger partial charge in [-0.3, -0.25) is 4.79 Å². The van der Waals surface area contributed by atoms with Crippen LogP contribution in [0, 0.1) is 18.7 Å². The van der Waals surface area contributed by atoms with Gasteiger partial charge in [0.2, 0.25) is 5.82 Å². The summed E-state index contributed by atoms with van der Waals surface area (Å²) in [4.78, 5) is 30.5. The molecule has 1 saturated heterocycles. The summed E-state index contributed by atoms with van der Waals surface area (Å²) in [6.07, 6.45) is -0.142. The van der Waals surface area contributed by atoms with Gasteiger partial charge in [-0.25, -0.2) is 9.18 Å². The van der Waals surface area contributed by atoms with Crippen molar-refractivity contribution in [3.63, 3.8) is 0 Å². The summed E-state index contributed by atoms with van der Waals surface area (Å²) in [6.45, 7) is 9.60. The van der Waals surface area contributed by atoms with E-state index in [0.717, 1.165) is 0 Å². The van der Waals surface area contributed by atoms with Gasteiger partial charge in [0.15, 0.2) is 6.10 Å². The molecule has 2 aromatic rings. The fourth-order valence-corrected chi connectivity index (χ4v) is 3.19. The number of rotatable bonds is 4. The molecule has 1 atom stereocenters. The average Bonchev–Trinajstić information content (AvgIpc) is 3.19. The number of carbonyl (C=O) groups is 2. The number of nitrogens with zero attached hydrogens (tertiary/aromatic N) is 3. The second-order valence-corrected chi connectivity index (χ2v) is 8.74. The number of amides is 1. The van der Waals surface area contributed by atoms with Crippen LogP contribution in [0.15, 0.2) is 22.7 Å². The Morgan fingerprint density at radius 1 is 1.26 bits per heavy atom. The molecule has 8 nitrogen and oxygen atoms in total. The molecule has 0 radical (unpaired) electrons. The van der Waals surface area contributed by atoms with Crippen LogP contribution in [0.5, 0.6) is 0 Å². The molecule has 1 unspecified atom stereocenters. The van der Waals surface area contributed by atoms with E-state index in [1.807, 2.05) is 20.8 Å². The molecule has 9 heteroatoms. The topological polar surface area (TPSA) is 94.8 Å². The number of hydrogen-bond acceptors (Lipinski definition) is 7. The van der Waals surface area contributed by atoms with E-state index >= 15 is 0 Å². The lowest BCUT2D eigenvalue weighted by atomic mass is 9.97. The van der Waals surface area contributed by atoms with Crippen molar-refractivity contribution in [1.82, 2.24) is 15.0 Å². The molecule has 1 aliphatic rings.